The van der Waals surface area contributed by atoms with Crippen LogP contribution in [0.25, 0.3) is 22.0 Å². The number of aromatic nitrogens is 2. The van der Waals surface area contributed by atoms with Gasteiger partial charge >= 0.3 is 0 Å². The minimum absolute atomic E-state index is 0.0876. The molecule has 5 nitrogen and oxygen atoms in total. The molecule has 0 atom stereocenters. The summed E-state index contributed by atoms with van der Waals surface area (Å²) in [5.41, 5.74) is 2.72. The monoisotopic (exact) mass is 449 g/mol. The van der Waals surface area contributed by atoms with Gasteiger partial charge in [-0.3, -0.25) is 10.1 Å². The van der Waals surface area contributed by atoms with Crippen LogP contribution in [0.5, 0.6) is 0 Å². The fourth-order valence-electron chi connectivity index (χ4n) is 2.69. The molecular formula is C17H16IN3O2Si. The lowest BCUT2D eigenvalue weighted by atomic mass is 10.0. The lowest BCUT2D eigenvalue weighted by Gasteiger charge is -2.20. The van der Waals surface area contributed by atoms with E-state index in [-0.39, 0.29) is 10.6 Å². The van der Waals surface area contributed by atoms with Crippen molar-refractivity contribution >= 4 is 52.6 Å². The van der Waals surface area contributed by atoms with Gasteiger partial charge in [0.05, 0.1) is 10.2 Å². The molecule has 1 heterocycles. The van der Waals surface area contributed by atoms with E-state index in [1.54, 1.807) is 12.1 Å². The highest BCUT2D eigenvalue weighted by Crippen LogP contribution is 2.31. The van der Waals surface area contributed by atoms with Gasteiger partial charge in [0.25, 0.3) is 5.69 Å². The second kappa shape index (κ2) is 6.21. The first-order chi connectivity index (χ1) is 11.3. The van der Waals surface area contributed by atoms with Gasteiger partial charge in [-0.05, 0) is 34.2 Å². The number of benzene rings is 2. The third-order valence-corrected chi connectivity index (χ3v) is 6.44. The SMILES string of the molecule is C[Si](C)(C)c1nnc2c(I)cccc2c1-c1cccc([N+](=O)[O-])c1. The first-order valence-corrected chi connectivity index (χ1v) is 12.1. The summed E-state index contributed by atoms with van der Waals surface area (Å²) in [5.74, 6) is 0. The number of halogens is 1. The largest absolute Gasteiger partial charge is 0.270 e. The fourth-order valence-corrected chi connectivity index (χ4v) is 4.67. The van der Waals surface area contributed by atoms with Crippen LogP contribution >= 0.6 is 22.6 Å². The van der Waals surface area contributed by atoms with Crippen molar-refractivity contribution in [2.75, 3.05) is 0 Å². The smallest absolute Gasteiger partial charge is 0.258 e. The number of nitro groups is 1. The summed E-state index contributed by atoms with van der Waals surface area (Å²) in [7, 11) is -1.79. The van der Waals surface area contributed by atoms with Crippen molar-refractivity contribution in [3.8, 4) is 11.1 Å². The van der Waals surface area contributed by atoms with E-state index in [2.05, 4.69) is 52.4 Å². The molecule has 0 spiro atoms. The molecule has 7 heteroatoms. The van der Waals surface area contributed by atoms with Crippen LogP contribution in [0.3, 0.4) is 0 Å². The lowest BCUT2D eigenvalue weighted by Crippen LogP contribution is -2.42. The summed E-state index contributed by atoms with van der Waals surface area (Å²) in [5, 5.41) is 22.1. The van der Waals surface area contributed by atoms with E-state index in [9.17, 15) is 10.1 Å². The van der Waals surface area contributed by atoms with Crippen molar-refractivity contribution in [1.82, 2.24) is 10.2 Å². The number of fused-ring (bicyclic) bond motifs is 1. The van der Waals surface area contributed by atoms with Crippen LogP contribution in [0.4, 0.5) is 5.69 Å². The maximum Gasteiger partial charge on any atom is 0.270 e. The molecule has 0 aliphatic heterocycles. The van der Waals surface area contributed by atoms with Gasteiger partial charge in [0, 0.05) is 26.7 Å². The average molecular weight is 449 g/mol. The molecule has 24 heavy (non-hydrogen) atoms. The molecule has 122 valence electrons. The maximum atomic E-state index is 11.2. The summed E-state index contributed by atoms with van der Waals surface area (Å²) in [6.45, 7) is 6.62. The Morgan fingerprint density at radius 1 is 1.08 bits per heavy atom. The Hall–Kier alpha value is -1.87. The number of non-ortho nitro benzene ring substituents is 1. The van der Waals surface area contributed by atoms with Crippen molar-refractivity contribution in [1.29, 1.82) is 0 Å². The van der Waals surface area contributed by atoms with Crippen LogP contribution in [0.15, 0.2) is 42.5 Å². The number of rotatable bonds is 3. The molecule has 1 aromatic heterocycles. The van der Waals surface area contributed by atoms with Gasteiger partial charge in [-0.1, -0.05) is 43.9 Å². The second-order valence-corrected chi connectivity index (χ2v) is 12.8. The lowest BCUT2D eigenvalue weighted by molar-refractivity contribution is -0.384. The van der Waals surface area contributed by atoms with Crippen molar-refractivity contribution in [3.63, 3.8) is 0 Å². The predicted octanol–water partition coefficient (Wildman–Crippen LogP) is 4.35. The van der Waals surface area contributed by atoms with Crippen molar-refractivity contribution in [3.05, 3.63) is 56.1 Å². The Morgan fingerprint density at radius 3 is 2.46 bits per heavy atom. The molecule has 0 saturated heterocycles. The van der Waals surface area contributed by atoms with Crippen LogP contribution in [0.1, 0.15) is 0 Å². The van der Waals surface area contributed by atoms with E-state index in [4.69, 9.17) is 0 Å². The third-order valence-electron chi connectivity index (χ3n) is 3.80. The average Bonchev–Trinajstić information content (AvgIpc) is 2.53. The summed E-state index contributed by atoms with van der Waals surface area (Å²) in [6, 6.07) is 12.8. The van der Waals surface area contributed by atoms with Gasteiger partial charge in [0.2, 0.25) is 0 Å². The number of hydrogen-bond acceptors (Lipinski definition) is 4. The number of nitrogens with zero attached hydrogens (tertiary/aromatic N) is 3. The van der Waals surface area contributed by atoms with Crippen LogP contribution in [-0.2, 0) is 0 Å². The summed E-state index contributed by atoms with van der Waals surface area (Å²) >= 11 is 2.24. The van der Waals surface area contributed by atoms with Gasteiger partial charge in [0.15, 0.2) is 0 Å². The first kappa shape index (κ1) is 17.0. The highest BCUT2D eigenvalue weighted by molar-refractivity contribution is 14.1. The first-order valence-electron chi connectivity index (χ1n) is 7.49. The molecule has 0 aliphatic rings. The summed E-state index contributed by atoms with van der Waals surface area (Å²) < 4.78 is 1.02. The molecule has 3 aromatic rings. The predicted molar refractivity (Wildman–Crippen MR) is 107 cm³/mol. The molecule has 2 aromatic carbocycles. The van der Waals surface area contributed by atoms with Crippen LogP contribution in [0, 0.1) is 13.7 Å². The summed E-state index contributed by atoms with van der Waals surface area (Å²) in [4.78, 5) is 10.8. The molecule has 3 rings (SSSR count). The second-order valence-electron chi connectivity index (χ2n) is 6.62. The Labute approximate surface area is 154 Å². The molecule has 0 N–H and O–H groups in total. The van der Waals surface area contributed by atoms with E-state index in [1.807, 2.05) is 24.3 Å². The quantitative estimate of drug-likeness (QED) is 0.258. The van der Waals surface area contributed by atoms with E-state index in [0.29, 0.717) is 0 Å². The zero-order chi connectivity index (χ0) is 17.5. The van der Waals surface area contributed by atoms with Gasteiger partial charge in [-0.2, -0.15) is 5.10 Å². The van der Waals surface area contributed by atoms with Gasteiger partial charge in [0.1, 0.15) is 13.6 Å². The molecule has 0 fully saturated rings. The van der Waals surface area contributed by atoms with Crippen LogP contribution in [-0.4, -0.2) is 23.2 Å². The molecule has 0 aliphatic carbocycles. The number of hydrogen-bond donors (Lipinski definition) is 0. The van der Waals surface area contributed by atoms with Gasteiger partial charge < -0.3 is 0 Å². The van der Waals surface area contributed by atoms with Gasteiger partial charge in [-0.25, -0.2) is 0 Å². The standard InChI is InChI=1S/C17H16IN3O2Si/c1-24(2,3)17-15(11-6-4-7-12(10-11)21(22)23)13-8-5-9-14(18)16(13)19-20-17/h4-10H,1-3H3. The molecule has 0 bridgehead atoms. The van der Waals surface area contributed by atoms with Crippen molar-refractivity contribution in [2.45, 2.75) is 19.6 Å². The maximum absolute atomic E-state index is 11.2. The Morgan fingerprint density at radius 2 is 1.79 bits per heavy atom. The number of nitro benzene ring substituents is 1. The van der Waals surface area contributed by atoms with Gasteiger partial charge in [-0.15, -0.1) is 5.10 Å². The van der Waals surface area contributed by atoms with Crippen LogP contribution < -0.4 is 5.32 Å². The Kier molecular flexibility index (Phi) is 4.39. The Bertz CT molecular complexity index is 954. The molecule has 0 radical (unpaired) electrons. The van der Waals surface area contributed by atoms with E-state index >= 15 is 0 Å². The molecule has 0 amide bonds. The van der Waals surface area contributed by atoms with Crippen LogP contribution in [0.2, 0.25) is 19.6 Å². The summed E-state index contributed by atoms with van der Waals surface area (Å²) in [6.07, 6.45) is 0. The van der Waals surface area contributed by atoms with E-state index in [1.165, 1.54) is 6.07 Å². The topological polar surface area (TPSA) is 68.9 Å². The Balaban J connectivity index is 2.42. The highest BCUT2D eigenvalue weighted by atomic mass is 127. The minimum Gasteiger partial charge on any atom is -0.258 e. The molecule has 0 saturated carbocycles. The highest BCUT2D eigenvalue weighted by Gasteiger charge is 2.26. The molecular weight excluding hydrogens is 433 g/mol. The minimum atomic E-state index is -1.79. The molecule has 0 unspecified atom stereocenters. The van der Waals surface area contributed by atoms with Crippen molar-refractivity contribution in [2.24, 2.45) is 0 Å². The zero-order valence-corrected chi connectivity index (χ0v) is 16.7. The normalized spacial score (nSPS) is 11.7. The van der Waals surface area contributed by atoms with Crippen molar-refractivity contribution < 1.29 is 4.92 Å². The zero-order valence-electron chi connectivity index (χ0n) is 13.6. The fraction of sp³-hybridized carbons (Fsp3) is 0.176. The van der Waals surface area contributed by atoms with E-state index < -0.39 is 8.07 Å². The third kappa shape index (κ3) is 3.05. The van der Waals surface area contributed by atoms with E-state index in [0.717, 1.165) is 30.9 Å².